The summed E-state index contributed by atoms with van der Waals surface area (Å²) in [6.45, 7) is 10.3. The highest BCUT2D eigenvalue weighted by molar-refractivity contribution is 4.95. The van der Waals surface area contributed by atoms with Crippen molar-refractivity contribution < 1.29 is 4.74 Å². The molecule has 0 spiro atoms. The predicted octanol–water partition coefficient (Wildman–Crippen LogP) is 1.15. The maximum absolute atomic E-state index is 5.13. The molecule has 0 N–H and O–H groups in total. The van der Waals surface area contributed by atoms with Crippen molar-refractivity contribution in [3.63, 3.8) is 0 Å². The molecule has 2 rings (SSSR count). The van der Waals surface area contributed by atoms with Gasteiger partial charge in [0.05, 0.1) is 6.54 Å². The minimum Gasteiger partial charge on any atom is -0.385 e. The molecule has 1 saturated heterocycles. The molecule has 0 aliphatic carbocycles. The van der Waals surface area contributed by atoms with E-state index in [1.54, 1.807) is 7.11 Å². The third-order valence-corrected chi connectivity index (χ3v) is 4.41. The summed E-state index contributed by atoms with van der Waals surface area (Å²) < 4.78 is 7.32. The van der Waals surface area contributed by atoms with E-state index >= 15 is 0 Å². The average Bonchev–Trinajstić information content (AvgIpc) is 3.06. The number of likely N-dealkylation sites (tertiary alicyclic amines) is 1. The first-order chi connectivity index (χ1) is 10.2. The Morgan fingerprint density at radius 3 is 2.90 bits per heavy atom. The van der Waals surface area contributed by atoms with E-state index in [0.29, 0.717) is 6.04 Å². The van der Waals surface area contributed by atoms with Gasteiger partial charge in [-0.2, -0.15) is 0 Å². The van der Waals surface area contributed by atoms with Gasteiger partial charge in [-0.25, -0.2) is 0 Å². The van der Waals surface area contributed by atoms with Gasteiger partial charge in [0.2, 0.25) is 0 Å². The van der Waals surface area contributed by atoms with E-state index in [0.717, 1.165) is 50.9 Å². The molecular weight excluding hydrogens is 266 g/mol. The summed E-state index contributed by atoms with van der Waals surface area (Å²) >= 11 is 0. The van der Waals surface area contributed by atoms with Gasteiger partial charge < -0.3 is 14.2 Å². The molecule has 6 nitrogen and oxygen atoms in total. The first-order valence-electron chi connectivity index (χ1n) is 7.96. The highest BCUT2D eigenvalue weighted by Gasteiger charge is 2.26. The van der Waals surface area contributed by atoms with E-state index in [4.69, 9.17) is 4.74 Å². The number of nitrogens with zero attached hydrogens (tertiary/aromatic N) is 5. The minimum atomic E-state index is 0.620. The number of aryl methyl sites for hydroxylation is 1. The van der Waals surface area contributed by atoms with Gasteiger partial charge in [0.1, 0.15) is 11.6 Å². The third-order valence-electron chi connectivity index (χ3n) is 4.41. The minimum absolute atomic E-state index is 0.620. The second kappa shape index (κ2) is 7.87. The number of methoxy groups -OCH3 is 1. The molecule has 0 radical (unpaired) electrons. The van der Waals surface area contributed by atoms with E-state index in [9.17, 15) is 0 Å². The van der Waals surface area contributed by atoms with Crippen LogP contribution < -0.4 is 0 Å². The zero-order chi connectivity index (χ0) is 15.2. The number of rotatable bonds is 8. The Morgan fingerprint density at radius 1 is 1.38 bits per heavy atom. The lowest BCUT2D eigenvalue weighted by Crippen LogP contribution is -2.35. The number of hydrogen-bond acceptors (Lipinski definition) is 5. The Kier molecular flexibility index (Phi) is 6.14. The monoisotopic (exact) mass is 295 g/mol. The van der Waals surface area contributed by atoms with Gasteiger partial charge >= 0.3 is 0 Å². The molecule has 1 aliphatic heterocycles. The first kappa shape index (κ1) is 16.4. The lowest BCUT2D eigenvalue weighted by atomic mass is 10.2. The average molecular weight is 295 g/mol. The van der Waals surface area contributed by atoms with Crippen LogP contribution in [0.4, 0.5) is 0 Å². The van der Waals surface area contributed by atoms with E-state index in [-0.39, 0.29) is 0 Å². The molecule has 6 heteroatoms. The van der Waals surface area contributed by atoms with Crippen molar-refractivity contribution >= 4 is 0 Å². The normalized spacial score (nSPS) is 19.8. The summed E-state index contributed by atoms with van der Waals surface area (Å²) in [4.78, 5) is 4.96. The molecule has 1 aromatic heterocycles. The molecule has 1 aromatic rings. The highest BCUT2D eigenvalue weighted by Crippen LogP contribution is 2.16. The molecule has 1 aliphatic rings. The smallest absolute Gasteiger partial charge is 0.147 e. The molecule has 0 unspecified atom stereocenters. The fraction of sp³-hybridized carbons (Fsp3) is 0.867. The van der Waals surface area contributed by atoms with E-state index in [1.165, 1.54) is 13.0 Å². The topological polar surface area (TPSA) is 46.4 Å². The maximum Gasteiger partial charge on any atom is 0.147 e. The van der Waals surface area contributed by atoms with Gasteiger partial charge in [0.15, 0.2) is 0 Å². The lowest BCUT2D eigenvalue weighted by Gasteiger charge is -2.24. The Bertz CT molecular complexity index is 434. The van der Waals surface area contributed by atoms with Gasteiger partial charge in [-0.15, -0.1) is 10.2 Å². The SMILES string of the molecule is CCn1c(C)nnc1CN(C)[C@H]1CCN(CCCOC)C1. The van der Waals surface area contributed by atoms with Crippen LogP contribution in [0.15, 0.2) is 0 Å². The van der Waals surface area contributed by atoms with Crippen molar-refractivity contribution in [1.29, 1.82) is 0 Å². The zero-order valence-electron chi connectivity index (χ0n) is 13.9. The fourth-order valence-corrected chi connectivity index (χ4v) is 3.11. The summed E-state index contributed by atoms with van der Waals surface area (Å²) in [5.74, 6) is 2.09. The molecule has 0 amide bonds. The van der Waals surface area contributed by atoms with Crippen LogP contribution in [0.5, 0.6) is 0 Å². The van der Waals surface area contributed by atoms with Gasteiger partial charge in [-0.3, -0.25) is 4.90 Å². The van der Waals surface area contributed by atoms with Crippen molar-refractivity contribution in [3.05, 3.63) is 11.6 Å². The van der Waals surface area contributed by atoms with Crippen molar-refractivity contribution in [2.24, 2.45) is 0 Å². The van der Waals surface area contributed by atoms with Gasteiger partial charge in [-0.1, -0.05) is 0 Å². The quantitative estimate of drug-likeness (QED) is 0.673. The maximum atomic E-state index is 5.13. The predicted molar refractivity (Wildman–Crippen MR) is 83.2 cm³/mol. The molecule has 2 heterocycles. The first-order valence-corrected chi connectivity index (χ1v) is 7.96. The summed E-state index contributed by atoms with van der Waals surface area (Å²) in [5.41, 5.74) is 0. The van der Waals surface area contributed by atoms with E-state index < -0.39 is 0 Å². The van der Waals surface area contributed by atoms with Crippen molar-refractivity contribution in [2.75, 3.05) is 40.4 Å². The number of ether oxygens (including phenoxy) is 1. The van der Waals surface area contributed by atoms with Crippen LogP contribution in [-0.4, -0.2) is 71.0 Å². The molecule has 0 aromatic carbocycles. The van der Waals surface area contributed by atoms with Crippen LogP contribution in [0.25, 0.3) is 0 Å². The standard InChI is InChI=1S/C15H29N5O/c1-5-20-13(2)16-17-15(20)12-18(3)14-7-9-19(11-14)8-6-10-21-4/h14H,5-12H2,1-4H3/t14-/m0/s1. The van der Waals surface area contributed by atoms with Crippen LogP contribution in [0.3, 0.4) is 0 Å². The van der Waals surface area contributed by atoms with Crippen molar-refractivity contribution in [3.8, 4) is 0 Å². The molecule has 1 fully saturated rings. The number of hydrogen-bond donors (Lipinski definition) is 0. The molecular formula is C15H29N5O. The van der Waals surface area contributed by atoms with Crippen LogP contribution >= 0.6 is 0 Å². The Hall–Kier alpha value is -0.980. The summed E-state index contributed by atoms with van der Waals surface area (Å²) in [7, 11) is 3.97. The molecule has 0 bridgehead atoms. The second-order valence-corrected chi connectivity index (χ2v) is 5.91. The number of likely N-dealkylation sites (N-methyl/N-ethyl adjacent to an activating group) is 1. The van der Waals surface area contributed by atoms with E-state index in [2.05, 4.69) is 38.5 Å². The largest absolute Gasteiger partial charge is 0.385 e. The van der Waals surface area contributed by atoms with Crippen LogP contribution in [0.2, 0.25) is 0 Å². The summed E-state index contributed by atoms with van der Waals surface area (Å²) in [5, 5.41) is 8.51. The fourth-order valence-electron chi connectivity index (χ4n) is 3.11. The second-order valence-electron chi connectivity index (χ2n) is 5.91. The Labute approximate surface area is 128 Å². The van der Waals surface area contributed by atoms with Crippen LogP contribution in [-0.2, 0) is 17.8 Å². The van der Waals surface area contributed by atoms with Crippen molar-refractivity contribution in [1.82, 2.24) is 24.6 Å². The molecule has 120 valence electrons. The summed E-state index contributed by atoms with van der Waals surface area (Å²) in [6, 6.07) is 0.620. The third kappa shape index (κ3) is 4.25. The Morgan fingerprint density at radius 2 is 2.19 bits per heavy atom. The summed E-state index contributed by atoms with van der Waals surface area (Å²) in [6.07, 6.45) is 2.36. The Balaban J connectivity index is 1.82. The molecule has 1 atom stereocenters. The molecule has 0 saturated carbocycles. The number of aromatic nitrogens is 3. The van der Waals surface area contributed by atoms with Gasteiger partial charge in [0.25, 0.3) is 0 Å². The zero-order valence-corrected chi connectivity index (χ0v) is 13.9. The van der Waals surface area contributed by atoms with Gasteiger partial charge in [-0.05, 0) is 40.3 Å². The highest BCUT2D eigenvalue weighted by atomic mass is 16.5. The van der Waals surface area contributed by atoms with Crippen LogP contribution in [0, 0.1) is 6.92 Å². The van der Waals surface area contributed by atoms with Gasteiger partial charge in [0, 0.05) is 39.4 Å². The van der Waals surface area contributed by atoms with Crippen molar-refractivity contribution in [2.45, 2.75) is 45.8 Å². The van der Waals surface area contributed by atoms with E-state index in [1.807, 2.05) is 6.92 Å². The van der Waals surface area contributed by atoms with Crippen LogP contribution in [0.1, 0.15) is 31.4 Å². The molecule has 21 heavy (non-hydrogen) atoms. The lowest BCUT2D eigenvalue weighted by molar-refractivity contribution is 0.173.